The smallest absolute Gasteiger partial charge is 0.274 e. The number of nitrogens with zero attached hydrogens (tertiary/aromatic N) is 2. The zero-order valence-electron chi connectivity index (χ0n) is 18.5. The summed E-state index contributed by atoms with van der Waals surface area (Å²) < 4.78 is 48.5. The zero-order valence-corrected chi connectivity index (χ0v) is 18.5. The molecule has 0 spiro atoms. The number of aliphatic hydroxyl groups is 3. The number of anilines is 1. The Bertz CT molecular complexity index is 1230. The van der Waals surface area contributed by atoms with E-state index in [9.17, 15) is 33.3 Å². The monoisotopic (exact) mass is 489 g/mol. The number of benzene rings is 1. The van der Waals surface area contributed by atoms with Gasteiger partial charge < -0.3 is 25.4 Å². The Morgan fingerprint density at radius 1 is 1.17 bits per heavy atom. The molecule has 4 N–H and O–H groups in total. The number of carbonyl (C=O) groups is 1. The Morgan fingerprint density at radius 3 is 2.54 bits per heavy atom. The third-order valence-electron chi connectivity index (χ3n) is 6.07. The molecule has 1 aliphatic heterocycles. The van der Waals surface area contributed by atoms with E-state index in [-0.39, 0.29) is 17.8 Å². The summed E-state index contributed by atoms with van der Waals surface area (Å²) in [5, 5.41) is 32.9. The Labute approximate surface area is 198 Å². The Hall–Kier alpha value is -3.38. The topological polar surface area (TPSA) is 125 Å². The maximum atomic E-state index is 14.4. The highest BCUT2D eigenvalue weighted by atomic mass is 19.1. The molecule has 2 aromatic heterocycles. The highest BCUT2D eigenvalue weighted by Crippen LogP contribution is 2.39. The molecule has 11 heteroatoms. The lowest BCUT2D eigenvalue weighted by molar-refractivity contribution is -0.236. The van der Waals surface area contributed by atoms with Gasteiger partial charge in [-0.3, -0.25) is 9.78 Å². The van der Waals surface area contributed by atoms with Gasteiger partial charge in [0, 0.05) is 18.2 Å². The molecule has 0 bridgehead atoms. The molecule has 3 heterocycles. The van der Waals surface area contributed by atoms with Crippen molar-refractivity contribution in [2.75, 3.05) is 11.9 Å². The predicted molar refractivity (Wildman–Crippen MR) is 118 cm³/mol. The Balaban J connectivity index is 1.62. The van der Waals surface area contributed by atoms with Gasteiger partial charge in [-0.05, 0) is 37.3 Å². The first kappa shape index (κ1) is 24.7. The SMILES string of the molecule is C[C@H]1O[C@@H](c2ccncc2NC(=O)c2ccc(F)c(-c3c(F)cccc3F)n2)C[C@@H](O)[C@@]1(O)CO. The van der Waals surface area contributed by atoms with Crippen LogP contribution in [-0.4, -0.2) is 55.6 Å². The van der Waals surface area contributed by atoms with Crippen LogP contribution in [0.2, 0.25) is 0 Å². The van der Waals surface area contributed by atoms with Crippen LogP contribution < -0.4 is 5.32 Å². The molecule has 35 heavy (non-hydrogen) atoms. The predicted octanol–water partition coefficient (Wildman–Crippen LogP) is 2.75. The molecule has 0 radical (unpaired) electrons. The molecule has 4 atom stereocenters. The minimum absolute atomic E-state index is 0.0835. The summed E-state index contributed by atoms with van der Waals surface area (Å²) in [6.07, 6.45) is -0.339. The van der Waals surface area contributed by atoms with Crippen molar-refractivity contribution < 1.29 is 38.0 Å². The first-order valence-corrected chi connectivity index (χ1v) is 10.7. The number of aliphatic hydroxyl groups excluding tert-OH is 2. The Kier molecular flexibility index (Phi) is 6.86. The highest BCUT2D eigenvalue weighted by Gasteiger charge is 2.48. The van der Waals surface area contributed by atoms with Gasteiger partial charge in [0.1, 0.15) is 34.4 Å². The van der Waals surface area contributed by atoms with Gasteiger partial charge in [0.15, 0.2) is 0 Å². The van der Waals surface area contributed by atoms with Crippen LogP contribution in [0.3, 0.4) is 0 Å². The molecule has 1 fully saturated rings. The van der Waals surface area contributed by atoms with Crippen LogP contribution in [0.25, 0.3) is 11.3 Å². The van der Waals surface area contributed by atoms with Crippen molar-refractivity contribution >= 4 is 11.6 Å². The fourth-order valence-corrected chi connectivity index (χ4v) is 3.98. The van der Waals surface area contributed by atoms with E-state index in [1.165, 1.54) is 19.3 Å². The Morgan fingerprint density at radius 2 is 1.89 bits per heavy atom. The van der Waals surface area contributed by atoms with Crippen LogP contribution in [0, 0.1) is 17.5 Å². The molecular weight excluding hydrogens is 467 g/mol. The third-order valence-corrected chi connectivity index (χ3v) is 6.07. The fourth-order valence-electron chi connectivity index (χ4n) is 3.98. The molecule has 1 aromatic carbocycles. The van der Waals surface area contributed by atoms with Gasteiger partial charge in [-0.1, -0.05) is 6.07 Å². The van der Waals surface area contributed by atoms with Gasteiger partial charge in [-0.15, -0.1) is 0 Å². The number of nitrogens with one attached hydrogen (secondary N) is 1. The van der Waals surface area contributed by atoms with Crippen LogP contribution in [0.15, 0.2) is 48.8 Å². The number of amides is 1. The van der Waals surface area contributed by atoms with Crippen LogP contribution in [0.1, 0.15) is 35.5 Å². The van der Waals surface area contributed by atoms with Gasteiger partial charge in [0.25, 0.3) is 5.91 Å². The van der Waals surface area contributed by atoms with Crippen molar-refractivity contribution in [1.29, 1.82) is 0 Å². The van der Waals surface area contributed by atoms with E-state index in [0.29, 0.717) is 5.56 Å². The van der Waals surface area contributed by atoms with Crippen molar-refractivity contribution in [2.45, 2.75) is 37.3 Å². The molecule has 3 aromatic rings. The van der Waals surface area contributed by atoms with Gasteiger partial charge in [-0.25, -0.2) is 18.2 Å². The molecular formula is C24H22F3N3O5. The quantitative estimate of drug-likeness (QED) is 0.434. The average Bonchev–Trinajstić information content (AvgIpc) is 2.83. The number of carbonyl (C=O) groups excluding carboxylic acids is 1. The normalized spacial score (nSPS) is 24.3. The fraction of sp³-hybridized carbons (Fsp3) is 0.292. The van der Waals surface area contributed by atoms with Gasteiger partial charge >= 0.3 is 0 Å². The summed E-state index contributed by atoms with van der Waals surface area (Å²) >= 11 is 0. The first-order valence-electron chi connectivity index (χ1n) is 10.7. The highest BCUT2D eigenvalue weighted by molar-refractivity contribution is 6.03. The van der Waals surface area contributed by atoms with Crippen molar-refractivity contribution in [2.24, 2.45) is 0 Å². The van der Waals surface area contributed by atoms with Crippen molar-refractivity contribution in [3.05, 3.63) is 77.5 Å². The number of pyridine rings is 2. The molecule has 0 aliphatic carbocycles. The summed E-state index contributed by atoms with van der Waals surface area (Å²) in [4.78, 5) is 20.7. The van der Waals surface area contributed by atoms with E-state index in [0.717, 1.165) is 30.3 Å². The minimum Gasteiger partial charge on any atom is -0.393 e. The summed E-state index contributed by atoms with van der Waals surface area (Å²) in [7, 11) is 0. The summed E-state index contributed by atoms with van der Waals surface area (Å²) in [6, 6.07) is 6.51. The lowest BCUT2D eigenvalue weighted by atomic mass is 9.83. The van der Waals surface area contributed by atoms with Gasteiger partial charge in [-0.2, -0.15) is 0 Å². The van der Waals surface area contributed by atoms with Gasteiger partial charge in [0.2, 0.25) is 0 Å². The lowest BCUT2D eigenvalue weighted by Gasteiger charge is -2.44. The molecule has 4 rings (SSSR count). The van der Waals surface area contributed by atoms with E-state index in [4.69, 9.17) is 4.74 Å². The van der Waals surface area contributed by atoms with Crippen molar-refractivity contribution in [3.8, 4) is 11.3 Å². The average molecular weight is 489 g/mol. The number of hydrogen-bond acceptors (Lipinski definition) is 7. The van der Waals surface area contributed by atoms with Crippen molar-refractivity contribution in [1.82, 2.24) is 9.97 Å². The number of halogens is 3. The zero-order chi connectivity index (χ0) is 25.3. The largest absolute Gasteiger partial charge is 0.393 e. The number of aromatic nitrogens is 2. The summed E-state index contributed by atoms with van der Waals surface area (Å²) in [5.74, 6) is -3.89. The van der Waals surface area contributed by atoms with Crippen molar-refractivity contribution in [3.63, 3.8) is 0 Å². The van der Waals surface area contributed by atoms with E-state index >= 15 is 0 Å². The standard InChI is InChI=1S/C24H22F3N3O5/c1-12-24(34,11-31)20(32)9-19(35-12)13-7-8-28-10-18(13)30-23(33)17-6-5-16(27)22(29-17)21-14(25)3-2-4-15(21)26/h2-8,10,12,19-20,31-32,34H,9,11H2,1H3,(H,30,33)/t12-,19-,20-,24-/m1/s1. The second-order valence-electron chi connectivity index (χ2n) is 8.21. The maximum Gasteiger partial charge on any atom is 0.274 e. The first-order chi connectivity index (χ1) is 16.7. The summed E-state index contributed by atoms with van der Waals surface area (Å²) in [5.41, 5.74) is -2.91. The second kappa shape index (κ2) is 9.70. The van der Waals surface area contributed by atoms with E-state index in [1.807, 2.05) is 0 Å². The molecule has 0 saturated carbocycles. The lowest BCUT2D eigenvalue weighted by Crippen LogP contribution is -2.58. The maximum absolute atomic E-state index is 14.4. The van der Waals surface area contributed by atoms with E-state index in [2.05, 4.69) is 15.3 Å². The molecule has 1 saturated heterocycles. The van der Waals surface area contributed by atoms with Crippen LogP contribution in [0.5, 0.6) is 0 Å². The van der Waals surface area contributed by atoms with E-state index < -0.39 is 65.1 Å². The van der Waals surface area contributed by atoms with Crippen LogP contribution >= 0.6 is 0 Å². The van der Waals surface area contributed by atoms with Crippen LogP contribution in [-0.2, 0) is 4.74 Å². The molecule has 1 amide bonds. The molecule has 0 unspecified atom stereocenters. The van der Waals surface area contributed by atoms with Gasteiger partial charge in [0.05, 0.1) is 42.4 Å². The summed E-state index contributed by atoms with van der Waals surface area (Å²) in [6.45, 7) is 0.792. The van der Waals surface area contributed by atoms with E-state index in [1.54, 1.807) is 6.07 Å². The molecule has 8 nitrogen and oxygen atoms in total. The third kappa shape index (κ3) is 4.63. The molecule has 184 valence electrons. The number of hydrogen-bond donors (Lipinski definition) is 4. The molecule has 1 aliphatic rings. The second-order valence-corrected chi connectivity index (χ2v) is 8.21. The number of rotatable bonds is 5. The van der Waals surface area contributed by atoms with Crippen LogP contribution in [0.4, 0.5) is 18.9 Å². The minimum atomic E-state index is -1.84. The number of ether oxygens (including phenoxy) is 1.